The number of aromatic amines is 1. The van der Waals surface area contributed by atoms with Crippen LogP contribution in [-0.4, -0.2) is 57.0 Å². The quantitative estimate of drug-likeness (QED) is 0.830. The fourth-order valence-electron chi connectivity index (χ4n) is 5.02. The number of likely N-dealkylation sites (tertiary alicyclic amines) is 1. The van der Waals surface area contributed by atoms with Gasteiger partial charge in [-0.15, -0.1) is 0 Å². The molecule has 8 heteroatoms. The van der Waals surface area contributed by atoms with Crippen molar-refractivity contribution >= 4 is 11.9 Å². The summed E-state index contributed by atoms with van der Waals surface area (Å²) in [6.07, 6.45) is 2.48. The molecule has 2 aliphatic rings. The number of carbonyl (C=O) groups excluding carboxylic acids is 2. The van der Waals surface area contributed by atoms with Gasteiger partial charge in [0.05, 0.1) is 24.4 Å². The van der Waals surface area contributed by atoms with Crippen LogP contribution < -0.4 is 0 Å². The fraction of sp³-hybridized carbons (Fsp3) is 0.579. The number of methoxy groups -OCH3 is 1. The summed E-state index contributed by atoms with van der Waals surface area (Å²) in [6, 6.07) is 1.75. The highest BCUT2D eigenvalue weighted by Crippen LogP contribution is 2.63. The van der Waals surface area contributed by atoms with Gasteiger partial charge in [0.2, 0.25) is 0 Å². The molecule has 0 bridgehead atoms. The predicted molar refractivity (Wildman–Crippen MR) is 97.8 cm³/mol. The predicted octanol–water partition coefficient (Wildman–Crippen LogP) is 1.78. The summed E-state index contributed by atoms with van der Waals surface area (Å²) < 4.78 is 6.83. The number of esters is 1. The maximum absolute atomic E-state index is 13.0. The van der Waals surface area contributed by atoms with Crippen LogP contribution in [0.4, 0.5) is 0 Å². The molecular weight excluding hydrogens is 346 g/mol. The number of aryl methyl sites for hydroxylation is 1. The molecule has 1 amide bonds. The first kappa shape index (κ1) is 17.8. The average molecular weight is 371 g/mol. The molecule has 3 heterocycles. The Balaban J connectivity index is 1.58. The summed E-state index contributed by atoms with van der Waals surface area (Å²) >= 11 is 0. The van der Waals surface area contributed by atoms with Gasteiger partial charge in [-0.3, -0.25) is 19.4 Å². The fourth-order valence-corrected chi connectivity index (χ4v) is 5.02. The molecule has 4 rings (SSSR count). The van der Waals surface area contributed by atoms with Crippen LogP contribution in [0, 0.1) is 23.7 Å². The van der Waals surface area contributed by atoms with E-state index in [1.54, 1.807) is 21.8 Å². The number of hydrogen-bond acceptors (Lipinski definition) is 5. The number of carbonyl (C=O) groups is 2. The molecule has 0 aromatic carbocycles. The van der Waals surface area contributed by atoms with Crippen molar-refractivity contribution in [3.63, 3.8) is 0 Å². The van der Waals surface area contributed by atoms with Crippen molar-refractivity contribution in [3.05, 3.63) is 23.7 Å². The Morgan fingerprint density at radius 2 is 2.11 bits per heavy atom. The van der Waals surface area contributed by atoms with E-state index in [9.17, 15) is 9.59 Å². The van der Waals surface area contributed by atoms with Gasteiger partial charge in [0.1, 0.15) is 5.69 Å². The molecule has 2 fully saturated rings. The average Bonchev–Trinajstić information content (AvgIpc) is 3.31. The molecule has 2 aromatic heterocycles. The van der Waals surface area contributed by atoms with E-state index in [4.69, 9.17) is 4.74 Å². The molecule has 8 nitrogen and oxygen atoms in total. The van der Waals surface area contributed by atoms with E-state index in [0.717, 1.165) is 17.7 Å². The Morgan fingerprint density at radius 3 is 2.70 bits per heavy atom. The van der Waals surface area contributed by atoms with Crippen molar-refractivity contribution in [3.8, 4) is 11.3 Å². The second kappa shape index (κ2) is 5.68. The summed E-state index contributed by atoms with van der Waals surface area (Å²) in [4.78, 5) is 27.2. The van der Waals surface area contributed by atoms with Gasteiger partial charge in [-0.1, -0.05) is 13.8 Å². The lowest BCUT2D eigenvalue weighted by atomic mass is 9.48. The van der Waals surface area contributed by atoms with Crippen molar-refractivity contribution in [2.75, 3.05) is 20.2 Å². The van der Waals surface area contributed by atoms with E-state index in [1.807, 2.05) is 14.0 Å². The number of nitrogens with one attached hydrogen (secondary N) is 1. The Morgan fingerprint density at radius 1 is 1.37 bits per heavy atom. The number of aromatic nitrogens is 4. The molecule has 144 valence electrons. The van der Waals surface area contributed by atoms with E-state index >= 15 is 0 Å². The lowest BCUT2D eigenvalue weighted by Gasteiger charge is -2.54. The number of amides is 1. The lowest BCUT2D eigenvalue weighted by molar-refractivity contribution is -0.174. The number of nitrogens with zero attached hydrogens (tertiary/aromatic N) is 4. The van der Waals surface area contributed by atoms with Gasteiger partial charge in [-0.05, 0) is 30.7 Å². The Hall–Kier alpha value is -2.64. The van der Waals surface area contributed by atoms with Crippen molar-refractivity contribution in [2.24, 2.45) is 23.8 Å². The molecule has 1 saturated heterocycles. The molecule has 1 aliphatic carbocycles. The third-order valence-corrected chi connectivity index (χ3v) is 6.46. The number of H-pyrrole nitrogens is 1. The summed E-state index contributed by atoms with van der Waals surface area (Å²) in [6.45, 7) is 7.20. The zero-order chi connectivity index (χ0) is 19.6. The van der Waals surface area contributed by atoms with E-state index in [-0.39, 0.29) is 23.2 Å². The zero-order valence-corrected chi connectivity index (χ0v) is 16.4. The monoisotopic (exact) mass is 371 g/mol. The minimum absolute atomic E-state index is 0.0230. The van der Waals surface area contributed by atoms with Crippen LogP contribution in [0.2, 0.25) is 0 Å². The molecule has 0 radical (unpaired) electrons. The molecule has 0 unspecified atom stereocenters. The summed E-state index contributed by atoms with van der Waals surface area (Å²) in [5.74, 6) is -0.230. The molecule has 27 heavy (non-hydrogen) atoms. The molecule has 1 saturated carbocycles. The van der Waals surface area contributed by atoms with Gasteiger partial charge in [0.25, 0.3) is 5.91 Å². The molecular formula is C19H25N5O3. The highest BCUT2D eigenvalue weighted by Gasteiger charge is 2.68. The van der Waals surface area contributed by atoms with Gasteiger partial charge >= 0.3 is 5.97 Å². The summed E-state index contributed by atoms with van der Waals surface area (Å²) in [5.41, 5.74) is 2.43. The topological polar surface area (TPSA) is 93.1 Å². The summed E-state index contributed by atoms with van der Waals surface area (Å²) in [7, 11) is 3.28. The van der Waals surface area contributed by atoms with Crippen LogP contribution in [0.3, 0.4) is 0 Å². The lowest BCUT2D eigenvalue weighted by Crippen LogP contribution is -2.57. The maximum Gasteiger partial charge on any atom is 0.314 e. The molecule has 2 atom stereocenters. The molecule has 1 N–H and O–H groups in total. The minimum Gasteiger partial charge on any atom is -0.469 e. The zero-order valence-electron chi connectivity index (χ0n) is 16.4. The SMILES string of the molecule is COC(=O)[C@@]12CN(C(=O)c3cc(-c4cnn(C)c4C)n[nH]3)C[C@@H]1C(C)(C)C2. The van der Waals surface area contributed by atoms with Crippen LogP contribution in [0.1, 0.15) is 36.5 Å². The number of rotatable bonds is 3. The van der Waals surface area contributed by atoms with Crippen LogP contribution >= 0.6 is 0 Å². The van der Waals surface area contributed by atoms with Crippen LogP contribution in [0.5, 0.6) is 0 Å². The van der Waals surface area contributed by atoms with Crippen molar-refractivity contribution < 1.29 is 14.3 Å². The van der Waals surface area contributed by atoms with Crippen LogP contribution in [0.25, 0.3) is 11.3 Å². The first-order valence-corrected chi connectivity index (χ1v) is 9.12. The molecule has 2 aromatic rings. The third-order valence-electron chi connectivity index (χ3n) is 6.46. The standard InChI is InChI=1S/C19H25N5O3/c1-11-12(7-20-23(11)4)13-6-14(22-21-13)16(25)24-8-15-18(2,3)9-19(15,10-24)17(26)27-5/h6-7,15H,8-10H2,1-5H3,(H,21,22)/t15-,19+/m1/s1. The number of ether oxygens (including phenoxy) is 1. The second-order valence-corrected chi connectivity index (χ2v) is 8.49. The highest BCUT2D eigenvalue weighted by molar-refractivity contribution is 5.94. The summed E-state index contributed by atoms with van der Waals surface area (Å²) in [5, 5.41) is 11.4. The minimum atomic E-state index is -0.573. The van der Waals surface area contributed by atoms with Crippen LogP contribution in [-0.2, 0) is 16.6 Å². The Kier molecular flexibility index (Phi) is 3.73. The van der Waals surface area contributed by atoms with Gasteiger partial charge in [-0.2, -0.15) is 10.2 Å². The molecule has 1 aliphatic heterocycles. The smallest absolute Gasteiger partial charge is 0.314 e. The van der Waals surface area contributed by atoms with E-state index < -0.39 is 5.41 Å². The van der Waals surface area contributed by atoms with E-state index in [2.05, 4.69) is 29.1 Å². The number of fused-ring (bicyclic) bond motifs is 1. The highest BCUT2D eigenvalue weighted by atomic mass is 16.5. The first-order chi connectivity index (χ1) is 12.7. The molecule has 0 spiro atoms. The van der Waals surface area contributed by atoms with Crippen molar-refractivity contribution in [1.82, 2.24) is 24.9 Å². The first-order valence-electron chi connectivity index (χ1n) is 9.12. The van der Waals surface area contributed by atoms with Gasteiger partial charge < -0.3 is 9.64 Å². The van der Waals surface area contributed by atoms with Crippen molar-refractivity contribution in [2.45, 2.75) is 27.2 Å². The normalized spacial score (nSPS) is 25.8. The van der Waals surface area contributed by atoms with Gasteiger partial charge in [-0.25, -0.2) is 0 Å². The van der Waals surface area contributed by atoms with Crippen molar-refractivity contribution in [1.29, 1.82) is 0 Å². The number of hydrogen-bond donors (Lipinski definition) is 1. The second-order valence-electron chi connectivity index (χ2n) is 8.49. The van der Waals surface area contributed by atoms with Gasteiger partial charge in [0, 0.05) is 31.4 Å². The largest absolute Gasteiger partial charge is 0.469 e. The van der Waals surface area contributed by atoms with Crippen LogP contribution in [0.15, 0.2) is 12.3 Å². The Bertz CT molecular complexity index is 928. The third kappa shape index (κ3) is 2.42. The maximum atomic E-state index is 13.0. The van der Waals surface area contributed by atoms with E-state index in [0.29, 0.717) is 24.5 Å². The van der Waals surface area contributed by atoms with Gasteiger partial charge in [0.15, 0.2) is 0 Å². The Labute approximate surface area is 157 Å². The van der Waals surface area contributed by atoms with E-state index in [1.165, 1.54) is 7.11 Å².